The summed E-state index contributed by atoms with van der Waals surface area (Å²) >= 11 is 0. The maximum atomic E-state index is 12.3. The molecule has 1 rings (SSSR count). The summed E-state index contributed by atoms with van der Waals surface area (Å²) in [4.78, 5) is 25.4. The van der Waals surface area contributed by atoms with Crippen LogP contribution in [0.5, 0.6) is 0 Å². The minimum atomic E-state index is -0.581. The van der Waals surface area contributed by atoms with E-state index in [4.69, 9.17) is 5.73 Å². The van der Waals surface area contributed by atoms with Crippen molar-refractivity contribution in [1.29, 1.82) is 0 Å². The van der Waals surface area contributed by atoms with E-state index in [1.807, 2.05) is 0 Å². The molecule has 0 unspecified atom stereocenters. The van der Waals surface area contributed by atoms with E-state index in [0.717, 1.165) is 0 Å². The molecule has 0 aliphatic heterocycles. The molecule has 0 spiro atoms. The van der Waals surface area contributed by atoms with Crippen molar-refractivity contribution in [3.63, 3.8) is 0 Å². The number of nitrogens with one attached hydrogen (secondary N) is 1. The summed E-state index contributed by atoms with van der Waals surface area (Å²) in [5.74, 6) is -0.381. The quantitative estimate of drug-likeness (QED) is 0.755. The number of anilines is 1. The van der Waals surface area contributed by atoms with Crippen molar-refractivity contribution in [2.24, 2.45) is 5.73 Å². The third-order valence-corrected chi connectivity index (χ3v) is 2.80. The lowest BCUT2D eigenvalue weighted by atomic mass is 10.1. The van der Waals surface area contributed by atoms with Crippen LogP contribution in [0.1, 0.15) is 17.3 Å². The lowest BCUT2D eigenvalue weighted by Crippen LogP contribution is -2.32. The highest BCUT2D eigenvalue weighted by atomic mass is 35.5. The van der Waals surface area contributed by atoms with Crippen molar-refractivity contribution < 1.29 is 9.59 Å². The van der Waals surface area contributed by atoms with Gasteiger partial charge in [0.1, 0.15) is 0 Å². The van der Waals surface area contributed by atoms with Gasteiger partial charge in [0.05, 0.1) is 6.04 Å². The minimum Gasteiger partial charge on any atom is -0.331 e. The van der Waals surface area contributed by atoms with Gasteiger partial charge in [0.2, 0.25) is 5.91 Å². The van der Waals surface area contributed by atoms with Gasteiger partial charge in [-0.3, -0.25) is 9.59 Å². The predicted molar refractivity (Wildman–Crippen MR) is 92.3 cm³/mol. The molecule has 0 aromatic heterocycles. The largest absolute Gasteiger partial charge is 0.331 e. The number of nitrogens with two attached hydrogens (primary N) is 1. The molecule has 22 heavy (non-hydrogen) atoms. The van der Waals surface area contributed by atoms with E-state index in [-0.39, 0.29) is 24.2 Å². The Morgan fingerprint density at radius 1 is 1.23 bits per heavy atom. The highest BCUT2D eigenvalue weighted by molar-refractivity contribution is 5.97. The monoisotopic (exact) mass is 323 g/mol. The highest BCUT2D eigenvalue weighted by Crippen LogP contribution is 2.12. The van der Waals surface area contributed by atoms with E-state index in [1.54, 1.807) is 48.2 Å². The van der Waals surface area contributed by atoms with Crippen molar-refractivity contribution in [2.75, 3.05) is 18.4 Å². The molecule has 0 heterocycles. The van der Waals surface area contributed by atoms with Gasteiger partial charge < -0.3 is 16.0 Å². The molecule has 2 amide bonds. The second-order valence-electron chi connectivity index (χ2n) is 4.64. The average molecular weight is 324 g/mol. The summed E-state index contributed by atoms with van der Waals surface area (Å²) in [6.45, 7) is 9.78. The molecule has 0 radical (unpaired) electrons. The topological polar surface area (TPSA) is 75.4 Å². The maximum Gasteiger partial charge on any atom is 0.254 e. The van der Waals surface area contributed by atoms with Crippen LogP contribution in [-0.2, 0) is 4.79 Å². The molecule has 1 aromatic rings. The molecule has 0 saturated heterocycles. The van der Waals surface area contributed by atoms with Gasteiger partial charge in [-0.15, -0.1) is 25.6 Å². The molecule has 0 fully saturated rings. The van der Waals surface area contributed by atoms with E-state index in [2.05, 4.69) is 18.5 Å². The smallest absolute Gasteiger partial charge is 0.254 e. The number of nitrogens with zero attached hydrogens (tertiary/aromatic N) is 1. The molecule has 0 saturated carbocycles. The van der Waals surface area contributed by atoms with Crippen LogP contribution in [0, 0.1) is 0 Å². The molecule has 0 aliphatic rings. The zero-order valence-corrected chi connectivity index (χ0v) is 13.4. The first-order valence-corrected chi connectivity index (χ1v) is 6.67. The van der Waals surface area contributed by atoms with Crippen molar-refractivity contribution in [3.8, 4) is 0 Å². The van der Waals surface area contributed by atoms with Crippen LogP contribution in [0.25, 0.3) is 0 Å². The predicted octanol–water partition coefficient (Wildman–Crippen LogP) is 2.21. The summed E-state index contributed by atoms with van der Waals surface area (Å²) in [5, 5.41) is 2.67. The normalized spacial score (nSPS) is 10.8. The SMILES string of the molecule is C=CCN(CC=C)C(=O)c1ccc(NC(=O)[C@H](C)N)cc1.Cl. The number of carbonyl (C=O) groups is 2. The molecule has 120 valence electrons. The Hall–Kier alpha value is -2.11. The number of carbonyl (C=O) groups excluding carboxylic acids is 2. The average Bonchev–Trinajstić information content (AvgIpc) is 2.47. The Labute approximate surface area is 137 Å². The van der Waals surface area contributed by atoms with Gasteiger partial charge in [0, 0.05) is 24.3 Å². The van der Waals surface area contributed by atoms with Gasteiger partial charge in [-0.1, -0.05) is 12.2 Å². The first kappa shape index (κ1) is 19.9. The second-order valence-corrected chi connectivity index (χ2v) is 4.64. The van der Waals surface area contributed by atoms with Crippen molar-refractivity contribution in [2.45, 2.75) is 13.0 Å². The number of amides is 2. The lowest BCUT2D eigenvalue weighted by Gasteiger charge is -2.19. The van der Waals surface area contributed by atoms with E-state index in [1.165, 1.54) is 0 Å². The van der Waals surface area contributed by atoms with Crippen LogP contribution < -0.4 is 11.1 Å². The highest BCUT2D eigenvalue weighted by Gasteiger charge is 2.13. The molecular formula is C16H22ClN3O2. The van der Waals surface area contributed by atoms with Gasteiger partial charge in [0.15, 0.2) is 0 Å². The first-order chi connectivity index (χ1) is 9.99. The van der Waals surface area contributed by atoms with Gasteiger partial charge in [0.25, 0.3) is 5.91 Å². The Bertz CT molecular complexity index is 517. The Balaban J connectivity index is 0.00000441. The van der Waals surface area contributed by atoms with E-state index in [0.29, 0.717) is 24.3 Å². The van der Waals surface area contributed by atoms with Crippen LogP contribution >= 0.6 is 12.4 Å². The molecule has 6 heteroatoms. The summed E-state index contributed by atoms with van der Waals surface area (Å²) < 4.78 is 0. The van der Waals surface area contributed by atoms with Crippen LogP contribution in [0.2, 0.25) is 0 Å². The van der Waals surface area contributed by atoms with Crippen LogP contribution in [0.15, 0.2) is 49.6 Å². The molecule has 0 aliphatic carbocycles. The number of rotatable bonds is 7. The Morgan fingerprint density at radius 3 is 2.14 bits per heavy atom. The van der Waals surface area contributed by atoms with Crippen LogP contribution in [0.4, 0.5) is 5.69 Å². The number of halogens is 1. The zero-order chi connectivity index (χ0) is 15.8. The van der Waals surface area contributed by atoms with Crippen LogP contribution in [-0.4, -0.2) is 35.8 Å². The molecule has 1 atom stereocenters. The Morgan fingerprint density at radius 2 is 1.73 bits per heavy atom. The van der Waals surface area contributed by atoms with Gasteiger partial charge >= 0.3 is 0 Å². The van der Waals surface area contributed by atoms with Gasteiger partial charge in [-0.2, -0.15) is 0 Å². The summed E-state index contributed by atoms with van der Waals surface area (Å²) in [5.41, 5.74) is 6.62. The second kappa shape index (κ2) is 9.76. The third-order valence-electron chi connectivity index (χ3n) is 2.80. The molecule has 3 N–H and O–H groups in total. The first-order valence-electron chi connectivity index (χ1n) is 6.67. The minimum absolute atomic E-state index is 0. The molecule has 5 nitrogen and oxygen atoms in total. The maximum absolute atomic E-state index is 12.3. The van der Waals surface area contributed by atoms with Crippen LogP contribution in [0.3, 0.4) is 0 Å². The van der Waals surface area contributed by atoms with Gasteiger partial charge in [-0.25, -0.2) is 0 Å². The fourth-order valence-corrected chi connectivity index (χ4v) is 1.69. The van der Waals surface area contributed by atoms with Gasteiger partial charge in [-0.05, 0) is 31.2 Å². The molecule has 1 aromatic carbocycles. The van der Waals surface area contributed by atoms with Crippen molar-refractivity contribution >= 4 is 29.9 Å². The van der Waals surface area contributed by atoms with E-state index >= 15 is 0 Å². The fraction of sp³-hybridized carbons (Fsp3) is 0.250. The molecule has 0 bridgehead atoms. The van der Waals surface area contributed by atoms with Crippen molar-refractivity contribution in [1.82, 2.24) is 4.90 Å². The fourth-order valence-electron chi connectivity index (χ4n) is 1.69. The van der Waals surface area contributed by atoms with Crippen molar-refractivity contribution in [3.05, 3.63) is 55.1 Å². The standard InChI is InChI=1S/C16H21N3O2.ClH/c1-4-10-19(11-5-2)16(21)13-6-8-14(9-7-13)18-15(20)12(3)17;/h4-9,12H,1-2,10-11,17H2,3H3,(H,18,20);1H/t12-;/m0./s1. The summed E-state index contributed by atoms with van der Waals surface area (Å²) in [7, 11) is 0. The Kier molecular flexibility index (Phi) is 8.82. The summed E-state index contributed by atoms with van der Waals surface area (Å²) in [6, 6.07) is 6.10. The van der Waals surface area contributed by atoms with E-state index < -0.39 is 6.04 Å². The summed E-state index contributed by atoms with van der Waals surface area (Å²) in [6.07, 6.45) is 3.33. The van der Waals surface area contributed by atoms with E-state index in [9.17, 15) is 9.59 Å². The zero-order valence-electron chi connectivity index (χ0n) is 12.6. The molecular weight excluding hydrogens is 302 g/mol. The number of hydrogen-bond acceptors (Lipinski definition) is 3. The number of hydrogen-bond donors (Lipinski definition) is 2. The number of benzene rings is 1. The lowest BCUT2D eigenvalue weighted by molar-refractivity contribution is -0.117. The third kappa shape index (κ3) is 5.71.